The normalized spacial score (nSPS) is 11.4. The Kier molecular flexibility index (Phi) is 7.75. The summed E-state index contributed by atoms with van der Waals surface area (Å²) in [6, 6.07) is 24.1. The zero-order valence-corrected chi connectivity index (χ0v) is 18.6. The van der Waals surface area contributed by atoms with E-state index >= 15 is 0 Å². The molecule has 0 unspecified atom stereocenters. The van der Waals surface area contributed by atoms with Gasteiger partial charge in [0.1, 0.15) is 11.5 Å². The second-order valence-electron chi connectivity index (χ2n) is 6.44. The number of benzene rings is 3. The number of ether oxygens (including phenoxy) is 1. The van der Waals surface area contributed by atoms with Gasteiger partial charge in [0.15, 0.2) is 0 Å². The number of allylic oxidation sites excluding steroid dienone is 2. The third-order valence-corrected chi connectivity index (χ3v) is 5.33. The molecule has 0 aliphatic rings. The lowest BCUT2D eigenvalue weighted by Crippen LogP contribution is -1.98. The topological polar surface area (TPSA) is 29.5 Å². The van der Waals surface area contributed by atoms with Crippen LogP contribution in [0.4, 0.5) is 0 Å². The lowest BCUT2D eigenvalue weighted by Gasteiger charge is -2.11. The van der Waals surface area contributed by atoms with Crippen LogP contribution in [-0.4, -0.2) is 17.0 Å². The SMILES string of the molecule is Oc1ccc(CC(=CCc2ccc(OCCBr)c(Br)c2)c2ccccc2)cc1. The van der Waals surface area contributed by atoms with Crippen molar-refractivity contribution in [2.24, 2.45) is 0 Å². The standard InChI is InChI=1S/C24H22Br2O2/c25-14-15-28-24-13-9-19(17-23(24)26)6-10-21(20-4-2-1-3-5-20)16-18-7-11-22(27)12-8-18/h1-5,7-13,17,27H,6,14-16H2. The molecular weight excluding hydrogens is 480 g/mol. The fourth-order valence-electron chi connectivity index (χ4n) is 2.96. The van der Waals surface area contributed by atoms with Gasteiger partial charge in [-0.05, 0) is 75.3 Å². The van der Waals surface area contributed by atoms with Crippen molar-refractivity contribution in [2.75, 3.05) is 11.9 Å². The van der Waals surface area contributed by atoms with E-state index in [0.717, 1.165) is 28.4 Å². The average Bonchev–Trinajstić information content (AvgIpc) is 2.72. The number of phenolic OH excluding ortho intramolecular Hbond substituents is 1. The Balaban J connectivity index is 1.81. The number of hydrogen-bond donors (Lipinski definition) is 1. The molecule has 0 aliphatic heterocycles. The summed E-state index contributed by atoms with van der Waals surface area (Å²) in [4.78, 5) is 0. The molecule has 0 saturated heterocycles. The zero-order valence-electron chi connectivity index (χ0n) is 15.4. The maximum atomic E-state index is 9.53. The number of rotatable bonds is 8. The number of alkyl halides is 1. The molecule has 0 saturated carbocycles. The third kappa shape index (κ3) is 5.98. The van der Waals surface area contributed by atoms with E-state index in [9.17, 15) is 5.11 Å². The molecule has 0 aromatic heterocycles. The van der Waals surface area contributed by atoms with Gasteiger partial charge in [0.05, 0.1) is 11.1 Å². The Bertz CT molecular complexity index is 919. The van der Waals surface area contributed by atoms with Gasteiger partial charge < -0.3 is 9.84 Å². The Morgan fingerprint density at radius 1 is 0.929 bits per heavy atom. The van der Waals surface area contributed by atoms with Crippen molar-refractivity contribution in [3.63, 3.8) is 0 Å². The maximum absolute atomic E-state index is 9.53. The third-order valence-electron chi connectivity index (χ3n) is 4.39. The first-order chi connectivity index (χ1) is 13.7. The highest BCUT2D eigenvalue weighted by Crippen LogP contribution is 2.27. The highest BCUT2D eigenvalue weighted by molar-refractivity contribution is 9.10. The second-order valence-corrected chi connectivity index (χ2v) is 8.09. The Labute approximate surface area is 183 Å². The summed E-state index contributed by atoms with van der Waals surface area (Å²) in [5.74, 6) is 1.15. The smallest absolute Gasteiger partial charge is 0.133 e. The van der Waals surface area contributed by atoms with Crippen LogP contribution in [0, 0.1) is 0 Å². The molecule has 0 bridgehead atoms. The first-order valence-electron chi connectivity index (χ1n) is 9.15. The summed E-state index contributed by atoms with van der Waals surface area (Å²) >= 11 is 6.98. The van der Waals surface area contributed by atoms with Gasteiger partial charge in [0, 0.05) is 5.33 Å². The van der Waals surface area contributed by atoms with Gasteiger partial charge in [-0.1, -0.05) is 70.5 Å². The van der Waals surface area contributed by atoms with Gasteiger partial charge >= 0.3 is 0 Å². The predicted octanol–water partition coefficient (Wildman–Crippen LogP) is 6.80. The van der Waals surface area contributed by atoms with Gasteiger partial charge in [0.2, 0.25) is 0 Å². The molecule has 0 aliphatic carbocycles. The van der Waals surface area contributed by atoms with Crippen molar-refractivity contribution < 1.29 is 9.84 Å². The Morgan fingerprint density at radius 2 is 1.64 bits per heavy atom. The van der Waals surface area contributed by atoms with Gasteiger partial charge in [-0.25, -0.2) is 0 Å². The maximum Gasteiger partial charge on any atom is 0.133 e. The molecule has 0 heterocycles. The van der Waals surface area contributed by atoms with Crippen LogP contribution in [0.25, 0.3) is 5.57 Å². The van der Waals surface area contributed by atoms with E-state index in [1.165, 1.54) is 22.3 Å². The number of aromatic hydroxyl groups is 1. The summed E-state index contributed by atoms with van der Waals surface area (Å²) in [5, 5.41) is 10.3. The lowest BCUT2D eigenvalue weighted by atomic mass is 9.96. The largest absolute Gasteiger partial charge is 0.508 e. The molecule has 2 nitrogen and oxygen atoms in total. The van der Waals surface area contributed by atoms with E-state index in [1.54, 1.807) is 12.1 Å². The van der Waals surface area contributed by atoms with Gasteiger partial charge in [0.25, 0.3) is 0 Å². The quantitative estimate of drug-likeness (QED) is 0.344. The Morgan fingerprint density at radius 3 is 2.32 bits per heavy atom. The van der Waals surface area contributed by atoms with E-state index in [0.29, 0.717) is 12.4 Å². The summed E-state index contributed by atoms with van der Waals surface area (Å²) < 4.78 is 6.67. The van der Waals surface area contributed by atoms with Crippen molar-refractivity contribution >= 4 is 37.4 Å². The molecule has 0 fully saturated rings. The first kappa shape index (κ1) is 20.7. The van der Waals surface area contributed by atoms with E-state index in [2.05, 4.69) is 74.3 Å². The molecule has 0 spiro atoms. The van der Waals surface area contributed by atoms with Crippen molar-refractivity contribution in [3.8, 4) is 11.5 Å². The molecule has 3 aromatic carbocycles. The zero-order chi connectivity index (χ0) is 19.8. The monoisotopic (exact) mass is 500 g/mol. The van der Waals surface area contributed by atoms with Crippen LogP contribution in [0.1, 0.15) is 16.7 Å². The predicted molar refractivity (Wildman–Crippen MR) is 123 cm³/mol. The Hall–Kier alpha value is -2.04. The first-order valence-corrected chi connectivity index (χ1v) is 11.1. The molecule has 144 valence electrons. The van der Waals surface area contributed by atoms with Gasteiger partial charge in [-0.3, -0.25) is 0 Å². The van der Waals surface area contributed by atoms with Crippen LogP contribution in [0.2, 0.25) is 0 Å². The minimum atomic E-state index is 0.293. The van der Waals surface area contributed by atoms with Crippen LogP contribution >= 0.6 is 31.9 Å². The molecular formula is C24H22Br2O2. The average molecular weight is 502 g/mol. The van der Waals surface area contributed by atoms with Crippen LogP contribution in [-0.2, 0) is 12.8 Å². The molecule has 1 N–H and O–H groups in total. The summed E-state index contributed by atoms with van der Waals surface area (Å²) in [6.07, 6.45) is 3.93. The van der Waals surface area contributed by atoms with Gasteiger partial charge in [-0.2, -0.15) is 0 Å². The molecule has 0 atom stereocenters. The van der Waals surface area contributed by atoms with Crippen LogP contribution < -0.4 is 4.74 Å². The minimum absolute atomic E-state index is 0.293. The summed E-state index contributed by atoms with van der Waals surface area (Å²) in [5.41, 5.74) is 4.87. The van der Waals surface area contributed by atoms with Crippen molar-refractivity contribution in [2.45, 2.75) is 12.8 Å². The lowest BCUT2D eigenvalue weighted by molar-refractivity contribution is 0.343. The van der Waals surface area contributed by atoms with Gasteiger partial charge in [-0.15, -0.1) is 0 Å². The van der Waals surface area contributed by atoms with Crippen molar-refractivity contribution in [3.05, 3.63) is 100 Å². The fourth-order valence-corrected chi connectivity index (χ4v) is 3.66. The molecule has 28 heavy (non-hydrogen) atoms. The molecule has 0 radical (unpaired) electrons. The van der Waals surface area contributed by atoms with Crippen LogP contribution in [0.5, 0.6) is 11.5 Å². The molecule has 0 amide bonds. The second kappa shape index (κ2) is 10.5. The highest BCUT2D eigenvalue weighted by Gasteiger charge is 2.06. The van der Waals surface area contributed by atoms with E-state index in [4.69, 9.17) is 4.74 Å². The highest BCUT2D eigenvalue weighted by atomic mass is 79.9. The van der Waals surface area contributed by atoms with Crippen LogP contribution in [0.3, 0.4) is 0 Å². The van der Waals surface area contributed by atoms with Crippen LogP contribution in [0.15, 0.2) is 83.3 Å². The summed E-state index contributed by atoms with van der Waals surface area (Å²) in [6.45, 7) is 0.642. The molecule has 4 heteroatoms. The summed E-state index contributed by atoms with van der Waals surface area (Å²) in [7, 11) is 0. The van der Waals surface area contributed by atoms with E-state index in [1.807, 2.05) is 24.3 Å². The molecule has 3 rings (SSSR count). The molecule has 3 aromatic rings. The van der Waals surface area contributed by atoms with E-state index in [-0.39, 0.29) is 0 Å². The number of halogens is 2. The minimum Gasteiger partial charge on any atom is -0.508 e. The van der Waals surface area contributed by atoms with Crippen molar-refractivity contribution in [1.29, 1.82) is 0 Å². The fraction of sp³-hybridized carbons (Fsp3) is 0.167. The van der Waals surface area contributed by atoms with Crippen molar-refractivity contribution in [1.82, 2.24) is 0 Å². The number of phenols is 1. The number of hydrogen-bond acceptors (Lipinski definition) is 2. The van der Waals surface area contributed by atoms with E-state index < -0.39 is 0 Å².